The van der Waals surface area contributed by atoms with Crippen LogP contribution in [0.4, 0.5) is 0 Å². The molecular formula is C10H22N2O. The fraction of sp³-hybridized carbons (Fsp3) is 1.00. The maximum absolute atomic E-state index is 6.05. The molecule has 3 nitrogen and oxygen atoms in total. The van der Waals surface area contributed by atoms with Gasteiger partial charge in [0.15, 0.2) is 0 Å². The van der Waals surface area contributed by atoms with Gasteiger partial charge in [0, 0.05) is 38.4 Å². The molecule has 0 aromatic rings. The van der Waals surface area contributed by atoms with E-state index < -0.39 is 0 Å². The van der Waals surface area contributed by atoms with E-state index in [4.69, 9.17) is 10.5 Å². The fourth-order valence-electron chi connectivity index (χ4n) is 1.76. The second kappa shape index (κ2) is 4.94. The standard InChI is InChI=1S/C10H22N2O/c1-3-10(11)8-12(9-10)6-5-7-13-4-2/h3-9,11H2,1-2H3. The van der Waals surface area contributed by atoms with Crippen LogP contribution in [0.2, 0.25) is 0 Å². The first-order valence-electron chi connectivity index (χ1n) is 5.29. The van der Waals surface area contributed by atoms with Crippen LogP contribution in [0.5, 0.6) is 0 Å². The molecule has 1 aliphatic rings. The minimum atomic E-state index is 0.117. The summed E-state index contributed by atoms with van der Waals surface area (Å²) < 4.78 is 5.27. The van der Waals surface area contributed by atoms with Crippen LogP contribution in [0.3, 0.4) is 0 Å². The van der Waals surface area contributed by atoms with Gasteiger partial charge < -0.3 is 10.5 Å². The van der Waals surface area contributed by atoms with Gasteiger partial charge in [-0.3, -0.25) is 4.90 Å². The summed E-state index contributed by atoms with van der Waals surface area (Å²) in [4.78, 5) is 2.41. The summed E-state index contributed by atoms with van der Waals surface area (Å²) in [5.41, 5.74) is 6.17. The molecule has 1 fully saturated rings. The van der Waals surface area contributed by atoms with Gasteiger partial charge in [-0.1, -0.05) is 6.92 Å². The summed E-state index contributed by atoms with van der Waals surface area (Å²) in [6, 6.07) is 0. The van der Waals surface area contributed by atoms with Gasteiger partial charge in [-0.05, 0) is 19.8 Å². The van der Waals surface area contributed by atoms with Crippen LogP contribution < -0.4 is 5.73 Å². The third-order valence-electron chi connectivity index (χ3n) is 2.75. The van der Waals surface area contributed by atoms with Gasteiger partial charge in [0.25, 0.3) is 0 Å². The molecule has 0 unspecified atom stereocenters. The smallest absolute Gasteiger partial charge is 0.0478 e. The highest BCUT2D eigenvalue weighted by atomic mass is 16.5. The Morgan fingerprint density at radius 2 is 2.08 bits per heavy atom. The minimum Gasteiger partial charge on any atom is -0.382 e. The monoisotopic (exact) mass is 186 g/mol. The highest BCUT2D eigenvalue weighted by molar-refractivity contribution is 4.98. The molecule has 1 heterocycles. The first-order chi connectivity index (χ1) is 6.20. The van der Waals surface area contributed by atoms with Crippen molar-refractivity contribution in [2.45, 2.75) is 32.2 Å². The lowest BCUT2D eigenvalue weighted by molar-refractivity contribution is 0.0539. The predicted octanol–water partition coefficient (Wildman–Crippen LogP) is 0.836. The second-order valence-electron chi connectivity index (χ2n) is 3.98. The van der Waals surface area contributed by atoms with Gasteiger partial charge >= 0.3 is 0 Å². The third-order valence-corrected chi connectivity index (χ3v) is 2.75. The quantitative estimate of drug-likeness (QED) is 0.625. The van der Waals surface area contributed by atoms with Crippen molar-refractivity contribution in [3.05, 3.63) is 0 Å². The van der Waals surface area contributed by atoms with E-state index in [-0.39, 0.29) is 5.54 Å². The topological polar surface area (TPSA) is 38.5 Å². The summed E-state index contributed by atoms with van der Waals surface area (Å²) in [5, 5.41) is 0. The van der Waals surface area contributed by atoms with Gasteiger partial charge in [0.2, 0.25) is 0 Å². The van der Waals surface area contributed by atoms with E-state index in [1.165, 1.54) is 0 Å². The molecule has 2 N–H and O–H groups in total. The van der Waals surface area contributed by atoms with Crippen molar-refractivity contribution in [3.8, 4) is 0 Å². The van der Waals surface area contributed by atoms with Gasteiger partial charge in [-0.25, -0.2) is 0 Å². The van der Waals surface area contributed by atoms with Crippen LogP contribution in [-0.4, -0.2) is 43.3 Å². The van der Waals surface area contributed by atoms with Crippen LogP contribution in [0.25, 0.3) is 0 Å². The molecule has 1 saturated heterocycles. The minimum absolute atomic E-state index is 0.117. The zero-order valence-electron chi connectivity index (χ0n) is 8.88. The Labute approximate surface area is 81.2 Å². The highest BCUT2D eigenvalue weighted by Gasteiger charge is 2.36. The van der Waals surface area contributed by atoms with Crippen molar-refractivity contribution in [2.24, 2.45) is 5.73 Å². The fourth-order valence-corrected chi connectivity index (χ4v) is 1.76. The Balaban J connectivity index is 1.96. The number of hydrogen-bond donors (Lipinski definition) is 1. The van der Waals surface area contributed by atoms with Gasteiger partial charge in [0.05, 0.1) is 0 Å². The van der Waals surface area contributed by atoms with Crippen LogP contribution in [-0.2, 0) is 4.74 Å². The van der Waals surface area contributed by atoms with E-state index in [2.05, 4.69) is 11.8 Å². The molecule has 0 atom stereocenters. The molecule has 0 radical (unpaired) electrons. The molecule has 78 valence electrons. The predicted molar refractivity (Wildman–Crippen MR) is 54.8 cm³/mol. The van der Waals surface area contributed by atoms with E-state index in [0.717, 1.165) is 45.7 Å². The molecule has 0 aliphatic carbocycles. The average Bonchev–Trinajstić information content (AvgIpc) is 2.08. The molecule has 0 spiro atoms. The van der Waals surface area contributed by atoms with Crippen molar-refractivity contribution < 1.29 is 4.74 Å². The highest BCUT2D eigenvalue weighted by Crippen LogP contribution is 2.20. The Hall–Kier alpha value is -0.120. The van der Waals surface area contributed by atoms with E-state index in [0.29, 0.717) is 0 Å². The zero-order valence-corrected chi connectivity index (χ0v) is 8.88. The number of hydrogen-bond acceptors (Lipinski definition) is 3. The lowest BCUT2D eigenvalue weighted by atomic mass is 9.88. The number of rotatable bonds is 6. The lowest BCUT2D eigenvalue weighted by Gasteiger charge is -2.47. The molecular weight excluding hydrogens is 164 g/mol. The van der Waals surface area contributed by atoms with Crippen LogP contribution >= 0.6 is 0 Å². The Bertz CT molecular complexity index is 144. The Morgan fingerprint density at radius 1 is 1.38 bits per heavy atom. The van der Waals surface area contributed by atoms with E-state index in [9.17, 15) is 0 Å². The van der Waals surface area contributed by atoms with Crippen molar-refractivity contribution >= 4 is 0 Å². The molecule has 0 saturated carbocycles. The zero-order chi connectivity index (χ0) is 9.73. The summed E-state index contributed by atoms with van der Waals surface area (Å²) in [6.45, 7) is 9.18. The number of ether oxygens (including phenoxy) is 1. The van der Waals surface area contributed by atoms with Crippen LogP contribution in [0, 0.1) is 0 Å². The van der Waals surface area contributed by atoms with Gasteiger partial charge in [-0.15, -0.1) is 0 Å². The SMILES string of the molecule is CCOCCCN1CC(N)(CC)C1. The molecule has 1 aliphatic heterocycles. The molecule has 0 aromatic heterocycles. The van der Waals surface area contributed by atoms with Crippen molar-refractivity contribution in [3.63, 3.8) is 0 Å². The molecule has 3 heteroatoms. The maximum atomic E-state index is 6.05. The first kappa shape index (κ1) is 11.0. The number of likely N-dealkylation sites (tertiary alicyclic amines) is 1. The molecule has 1 rings (SSSR count). The summed E-state index contributed by atoms with van der Waals surface area (Å²) >= 11 is 0. The molecule has 0 bridgehead atoms. The normalized spacial score (nSPS) is 21.5. The summed E-state index contributed by atoms with van der Waals surface area (Å²) in [7, 11) is 0. The van der Waals surface area contributed by atoms with Crippen LogP contribution in [0.1, 0.15) is 26.7 Å². The summed E-state index contributed by atoms with van der Waals surface area (Å²) in [5.74, 6) is 0. The van der Waals surface area contributed by atoms with Crippen molar-refractivity contribution in [1.29, 1.82) is 0 Å². The van der Waals surface area contributed by atoms with Gasteiger partial charge in [0.1, 0.15) is 0 Å². The number of nitrogens with zero attached hydrogens (tertiary/aromatic N) is 1. The lowest BCUT2D eigenvalue weighted by Crippen LogP contribution is -2.66. The van der Waals surface area contributed by atoms with Crippen molar-refractivity contribution in [1.82, 2.24) is 4.90 Å². The van der Waals surface area contributed by atoms with Gasteiger partial charge in [-0.2, -0.15) is 0 Å². The Morgan fingerprint density at radius 3 is 2.62 bits per heavy atom. The second-order valence-corrected chi connectivity index (χ2v) is 3.98. The number of nitrogens with two attached hydrogens (primary N) is 1. The molecule has 13 heavy (non-hydrogen) atoms. The van der Waals surface area contributed by atoms with E-state index in [1.54, 1.807) is 0 Å². The van der Waals surface area contributed by atoms with E-state index >= 15 is 0 Å². The Kier molecular flexibility index (Phi) is 4.16. The molecule has 0 aromatic carbocycles. The van der Waals surface area contributed by atoms with Crippen molar-refractivity contribution in [2.75, 3.05) is 32.8 Å². The third kappa shape index (κ3) is 3.25. The maximum Gasteiger partial charge on any atom is 0.0478 e. The average molecular weight is 186 g/mol. The van der Waals surface area contributed by atoms with E-state index in [1.807, 2.05) is 6.92 Å². The first-order valence-corrected chi connectivity index (χ1v) is 5.29. The van der Waals surface area contributed by atoms with Crippen LogP contribution in [0.15, 0.2) is 0 Å². The summed E-state index contributed by atoms with van der Waals surface area (Å²) in [6.07, 6.45) is 2.22. The molecule has 0 amide bonds. The largest absolute Gasteiger partial charge is 0.382 e.